The van der Waals surface area contributed by atoms with Crippen LogP contribution in [0.3, 0.4) is 0 Å². The summed E-state index contributed by atoms with van der Waals surface area (Å²) in [6, 6.07) is 12.3. The Morgan fingerprint density at radius 2 is 1.95 bits per heavy atom. The van der Waals surface area contributed by atoms with Crippen molar-refractivity contribution in [2.45, 2.75) is 6.10 Å². The summed E-state index contributed by atoms with van der Waals surface area (Å²) in [5.74, 6) is 1.31. The molecule has 1 aliphatic heterocycles. The molecule has 2 aromatic carbocycles. The highest BCUT2D eigenvalue weighted by atomic mass is 35.5. The van der Waals surface area contributed by atoms with Crippen LogP contribution in [-0.2, 0) is 0 Å². The lowest BCUT2D eigenvalue weighted by atomic mass is 10.0. The Morgan fingerprint density at radius 3 is 2.59 bits per heavy atom. The summed E-state index contributed by atoms with van der Waals surface area (Å²) in [5, 5.41) is 20.5. The van der Waals surface area contributed by atoms with E-state index in [2.05, 4.69) is 0 Å². The number of hydrogen-bond donors (Lipinski definition) is 2. The van der Waals surface area contributed by atoms with Crippen LogP contribution in [0.5, 0.6) is 11.5 Å². The Kier molecular flexibility index (Phi) is 4.04. The van der Waals surface area contributed by atoms with Gasteiger partial charge >= 0.3 is 0 Å². The lowest BCUT2D eigenvalue weighted by molar-refractivity contribution is -1.02. The molecule has 0 radical (unpaired) electrons. The van der Waals surface area contributed by atoms with Crippen molar-refractivity contribution in [1.82, 2.24) is 0 Å². The van der Waals surface area contributed by atoms with Gasteiger partial charge in [-0.25, -0.2) is 5.21 Å². The zero-order valence-corrected chi connectivity index (χ0v) is 12.5. The third kappa shape index (κ3) is 2.80. The van der Waals surface area contributed by atoms with Crippen molar-refractivity contribution in [3.05, 3.63) is 69.5 Å². The molecular weight excluding hydrogens is 306 g/mol. The molecule has 3 rings (SSSR count). The van der Waals surface area contributed by atoms with Crippen LogP contribution in [0.15, 0.2) is 48.2 Å². The minimum Gasteiger partial charge on any atom is -0.595 e. The first-order valence-electron chi connectivity index (χ1n) is 6.63. The fourth-order valence-electron chi connectivity index (χ4n) is 2.37. The average Bonchev–Trinajstić information content (AvgIpc) is 2.53. The number of hydrogen-bond acceptors (Lipinski definition) is 4. The minimum absolute atomic E-state index is 0.167. The number of quaternary nitrogens is 1. The van der Waals surface area contributed by atoms with E-state index in [1.54, 1.807) is 55.7 Å². The minimum atomic E-state index is -1.02. The molecule has 0 fully saturated rings. The zero-order chi connectivity index (χ0) is 15.7. The fourth-order valence-corrected chi connectivity index (χ4v) is 2.55. The second-order valence-corrected chi connectivity index (χ2v) is 5.29. The first-order chi connectivity index (χ1) is 10.6. The molecule has 0 saturated heterocycles. The normalized spacial score (nSPS) is 18.0. The summed E-state index contributed by atoms with van der Waals surface area (Å²) >= 11 is 5.94. The standard InChI is InChI=1S/C16H14ClNO4/c1-21-13-5-2-10(3-6-13)16-14(18(19)20)9-11-8-12(17)4-7-15(11)22-16/h2-9,16,18-19H,1H3. The number of ether oxygens (including phenoxy) is 2. The molecule has 0 amide bonds. The lowest BCUT2D eigenvalue weighted by Gasteiger charge is -2.29. The summed E-state index contributed by atoms with van der Waals surface area (Å²) in [7, 11) is 1.58. The number of hydroxylamine groups is 2. The first kappa shape index (κ1) is 14.9. The second kappa shape index (κ2) is 5.98. The van der Waals surface area contributed by atoms with E-state index in [0.29, 0.717) is 22.1 Å². The van der Waals surface area contributed by atoms with Crippen molar-refractivity contribution >= 4 is 17.7 Å². The third-order valence-electron chi connectivity index (χ3n) is 3.48. The van der Waals surface area contributed by atoms with Crippen LogP contribution in [0.25, 0.3) is 6.08 Å². The van der Waals surface area contributed by atoms with E-state index >= 15 is 0 Å². The number of halogens is 1. The maximum absolute atomic E-state index is 11.5. The van der Waals surface area contributed by atoms with Gasteiger partial charge in [0.05, 0.1) is 7.11 Å². The Hall–Kier alpha value is -2.05. The highest BCUT2D eigenvalue weighted by Crippen LogP contribution is 2.36. The predicted octanol–water partition coefficient (Wildman–Crippen LogP) is 2.60. The number of rotatable bonds is 3. The van der Waals surface area contributed by atoms with Crippen LogP contribution in [-0.4, -0.2) is 12.3 Å². The van der Waals surface area contributed by atoms with Gasteiger partial charge in [-0.1, -0.05) is 23.7 Å². The van der Waals surface area contributed by atoms with Crippen LogP contribution in [0.4, 0.5) is 0 Å². The fraction of sp³-hybridized carbons (Fsp3) is 0.125. The number of methoxy groups -OCH3 is 1. The van der Waals surface area contributed by atoms with E-state index in [-0.39, 0.29) is 5.70 Å². The molecule has 1 heterocycles. The molecule has 114 valence electrons. The molecule has 0 bridgehead atoms. The molecule has 2 aromatic rings. The quantitative estimate of drug-likeness (QED) is 0.853. The molecule has 5 nitrogen and oxygen atoms in total. The molecule has 0 aromatic heterocycles. The van der Waals surface area contributed by atoms with Crippen LogP contribution in [0.1, 0.15) is 17.2 Å². The van der Waals surface area contributed by atoms with Crippen molar-refractivity contribution in [1.29, 1.82) is 0 Å². The predicted molar refractivity (Wildman–Crippen MR) is 81.9 cm³/mol. The van der Waals surface area contributed by atoms with E-state index in [0.717, 1.165) is 5.56 Å². The number of fused-ring (bicyclic) bond motifs is 1. The first-order valence-corrected chi connectivity index (χ1v) is 7.01. The van der Waals surface area contributed by atoms with Crippen LogP contribution < -0.4 is 14.7 Å². The largest absolute Gasteiger partial charge is 0.595 e. The topological polar surface area (TPSA) is 66.2 Å². The molecule has 0 saturated carbocycles. The van der Waals surface area contributed by atoms with Crippen molar-refractivity contribution in [2.75, 3.05) is 7.11 Å². The van der Waals surface area contributed by atoms with E-state index in [4.69, 9.17) is 21.1 Å². The monoisotopic (exact) mass is 319 g/mol. The van der Waals surface area contributed by atoms with Crippen molar-refractivity contribution in [3.8, 4) is 11.5 Å². The number of nitrogens with one attached hydrogen (secondary N) is 1. The van der Waals surface area contributed by atoms with Crippen LogP contribution in [0, 0.1) is 5.21 Å². The summed E-state index contributed by atoms with van der Waals surface area (Å²) in [5.41, 5.74) is 1.57. The molecule has 1 aliphatic rings. The summed E-state index contributed by atoms with van der Waals surface area (Å²) in [6.07, 6.45) is 0.930. The van der Waals surface area contributed by atoms with Gasteiger partial charge in [0.25, 0.3) is 0 Å². The van der Waals surface area contributed by atoms with Crippen molar-refractivity contribution < 1.29 is 19.9 Å². The molecule has 2 N–H and O–H groups in total. The van der Waals surface area contributed by atoms with Gasteiger partial charge in [-0.2, -0.15) is 5.23 Å². The Bertz CT molecular complexity index is 713. The van der Waals surface area contributed by atoms with Gasteiger partial charge in [0, 0.05) is 22.2 Å². The molecule has 6 heteroatoms. The summed E-state index contributed by atoms with van der Waals surface area (Å²) < 4.78 is 11.0. The molecular formula is C16H14ClNO4. The smallest absolute Gasteiger partial charge is 0.200 e. The van der Waals surface area contributed by atoms with Gasteiger partial charge in [0.1, 0.15) is 11.5 Å². The summed E-state index contributed by atoms with van der Waals surface area (Å²) in [6.45, 7) is 0. The third-order valence-corrected chi connectivity index (χ3v) is 3.71. The maximum Gasteiger partial charge on any atom is 0.200 e. The van der Waals surface area contributed by atoms with Crippen LogP contribution >= 0.6 is 11.6 Å². The van der Waals surface area contributed by atoms with Gasteiger partial charge < -0.3 is 14.7 Å². The maximum atomic E-state index is 11.5. The van der Waals surface area contributed by atoms with E-state index in [1.807, 2.05) is 0 Å². The number of benzene rings is 2. The highest BCUT2D eigenvalue weighted by molar-refractivity contribution is 6.30. The molecule has 2 unspecified atom stereocenters. The van der Waals surface area contributed by atoms with Gasteiger partial charge in [0.15, 0.2) is 5.70 Å². The lowest BCUT2D eigenvalue weighted by Crippen LogP contribution is -3.03. The van der Waals surface area contributed by atoms with E-state index < -0.39 is 11.3 Å². The van der Waals surface area contributed by atoms with Gasteiger partial charge in [-0.3, -0.25) is 0 Å². The zero-order valence-electron chi connectivity index (χ0n) is 11.7. The molecule has 2 atom stereocenters. The average molecular weight is 320 g/mol. The SMILES string of the molecule is COc1ccc(C2Oc3ccc(Cl)cc3C=C2[NH+]([O-])O)cc1. The molecule has 22 heavy (non-hydrogen) atoms. The Morgan fingerprint density at radius 1 is 1.23 bits per heavy atom. The van der Waals surface area contributed by atoms with Gasteiger partial charge in [0.2, 0.25) is 6.10 Å². The van der Waals surface area contributed by atoms with Gasteiger partial charge in [-0.15, -0.1) is 0 Å². The molecule has 0 aliphatic carbocycles. The van der Waals surface area contributed by atoms with Crippen molar-refractivity contribution in [2.24, 2.45) is 0 Å². The Labute approximate surface area is 132 Å². The second-order valence-electron chi connectivity index (χ2n) is 4.86. The van der Waals surface area contributed by atoms with Gasteiger partial charge in [-0.05, 0) is 30.3 Å². The van der Waals surface area contributed by atoms with E-state index in [1.165, 1.54) is 0 Å². The highest BCUT2D eigenvalue weighted by Gasteiger charge is 2.29. The van der Waals surface area contributed by atoms with Crippen LogP contribution in [0.2, 0.25) is 5.02 Å². The Balaban J connectivity index is 2.02. The molecule has 0 spiro atoms. The van der Waals surface area contributed by atoms with E-state index in [9.17, 15) is 10.4 Å². The summed E-state index contributed by atoms with van der Waals surface area (Å²) in [4.78, 5) is 0. The van der Waals surface area contributed by atoms with Crippen molar-refractivity contribution in [3.63, 3.8) is 0 Å².